The number of carboxylic acid groups (broad SMARTS) is 1. The fourth-order valence-corrected chi connectivity index (χ4v) is 1.90. The summed E-state index contributed by atoms with van der Waals surface area (Å²) in [4.78, 5) is 28.8. The number of hydrogen-bond acceptors (Lipinski definition) is 6. The van der Waals surface area contributed by atoms with Crippen molar-refractivity contribution in [2.45, 2.75) is 6.92 Å². The van der Waals surface area contributed by atoms with Gasteiger partial charge in [0.15, 0.2) is 0 Å². The molecule has 2 N–H and O–H groups in total. The highest BCUT2D eigenvalue weighted by atomic mass is 35.5. The van der Waals surface area contributed by atoms with Crippen LogP contribution in [0, 0.1) is 17.0 Å². The van der Waals surface area contributed by atoms with E-state index < -0.39 is 16.6 Å². The summed E-state index contributed by atoms with van der Waals surface area (Å²) < 4.78 is 0. The molecule has 1 heterocycles. The van der Waals surface area contributed by atoms with E-state index in [4.69, 9.17) is 11.6 Å². The Morgan fingerprint density at radius 3 is 2.81 bits per heavy atom. The lowest BCUT2D eigenvalue weighted by Crippen LogP contribution is -2.07. The van der Waals surface area contributed by atoms with E-state index in [9.17, 15) is 20.0 Å². The maximum absolute atomic E-state index is 11.3. The number of rotatable bonds is 4. The second kappa shape index (κ2) is 5.71. The first-order valence-electron chi connectivity index (χ1n) is 5.67. The van der Waals surface area contributed by atoms with Crippen LogP contribution in [-0.2, 0) is 0 Å². The molecule has 0 radical (unpaired) electrons. The lowest BCUT2D eigenvalue weighted by molar-refractivity contribution is -0.384. The SMILES string of the molecule is Cc1cccc(Nc2nc(Cl)ncc2[N+](=O)[O-])c1C(=O)O. The third-order valence-corrected chi connectivity index (χ3v) is 2.86. The van der Waals surface area contributed by atoms with Crippen LogP contribution in [0.1, 0.15) is 15.9 Å². The van der Waals surface area contributed by atoms with Gasteiger partial charge in [0.1, 0.15) is 6.20 Å². The van der Waals surface area contributed by atoms with Crippen molar-refractivity contribution in [1.29, 1.82) is 0 Å². The molecule has 2 aromatic rings. The molecule has 2 rings (SSSR count). The van der Waals surface area contributed by atoms with Gasteiger partial charge in [-0.25, -0.2) is 9.78 Å². The highest BCUT2D eigenvalue weighted by Gasteiger charge is 2.20. The van der Waals surface area contributed by atoms with Crippen molar-refractivity contribution in [1.82, 2.24) is 9.97 Å². The molecule has 0 unspecified atom stereocenters. The molecule has 0 saturated carbocycles. The van der Waals surface area contributed by atoms with E-state index in [1.165, 1.54) is 6.07 Å². The van der Waals surface area contributed by atoms with Crippen LogP contribution in [0.5, 0.6) is 0 Å². The van der Waals surface area contributed by atoms with Gasteiger partial charge in [0, 0.05) is 0 Å². The maximum Gasteiger partial charge on any atom is 0.338 e. The fourth-order valence-electron chi connectivity index (χ4n) is 1.76. The largest absolute Gasteiger partial charge is 0.478 e. The molecule has 9 heteroatoms. The number of carbonyl (C=O) groups is 1. The van der Waals surface area contributed by atoms with Crippen molar-refractivity contribution in [3.05, 3.63) is 50.9 Å². The molecule has 0 aliphatic heterocycles. The van der Waals surface area contributed by atoms with Crippen molar-refractivity contribution < 1.29 is 14.8 Å². The molecule has 0 atom stereocenters. The molecule has 0 fully saturated rings. The van der Waals surface area contributed by atoms with Crippen LogP contribution in [0.15, 0.2) is 24.4 Å². The Labute approximate surface area is 123 Å². The Hall–Kier alpha value is -2.74. The summed E-state index contributed by atoms with van der Waals surface area (Å²) in [5.41, 5.74) is 0.287. The number of hydrogen-bond donors (Lipinski definition) is 2. The molecule has 0 bridgehead atoms. The normalized spacial score (nSPS) is 10.2. The van der Waals surface area contributed by atoms with E-state index in [2.05, 4.69) is 15.3 Å². The third-order valence-electron chi connectivity index (χ3n) is 2.68. The quantitative estimate of drug-likeness (QED) is 0.506. The first kappa shape index (κ1) is 14.7. The van der Waals surface area contributed by atoms with E-state index in [1.54, 1.807) is 19.1 Å². The van der Waals surface area contributed by atoms with Crippen LogP contribution in [0.2, 0.25) is 5.28 Å². The molecular formula is C12H9ClN4O4. The number of nitrogens with zero attached hydrogens (tertiary/aromatic N) is 3. The standard InChI is InChI=1S/C12H9ClN4O4/c1-6-3-2-4-7(9(6)11(18)19)15-10-8(17(20)21)5-14-12(13)16-10/h2-5H,1H3,(H,18,19)(H,14,15,16). The van der Waals surface area contributed by atoms with Crippen molar-refractivity contribution in [3.63, 3.8) is 0 Å². The highest BCUT2D eigenvalue weighted by molar-refractivity contribution is 6.28. The summed E-state index contributed by atoms with van der Waals surface area (Å²) in [5.74, 6) is -1.33. The molecule has 1 aromatic carbocycles. The fraction of sp³-hybridized carbons (Fsp3) is 0.0833. The van der Waals surface area contributed by atoms with E-state index in [0.29, 0.717) is 5.56 Å². The lowest BCUT2D eigenvalue weighted by Gasteiger charge is -2.11. The molecule has 108 valence electrons. The van der Waals surface area contributed by atoms with Crippen LogP contribution in [0.4, 0.5) is 17.2 Å². The first-order chi connectivity index (χ1) is 9.90. The molecule has 8 nitrogen and oxygen atoms in total. The minimum Gasteiger partial charge on any atom is -0.478 e. The average molecular weight is 309 g/mol. The number of anilines is 2. The number of benzene rings is 1. The molecule has 0 aliphatic rings. The average Bonchev–Trinajstić information content (AvgIpc) is 2.37. The number of aromatic nitrogens is 2. The van der Waals surface area contributed by atoms with Gasteiger partial charge < -0.3 is 10.4 Å². The minimum absolute atomic E-state index is 0.00142. The second-order valence-electron chi connectivity index (χ2n) is 4.06. The number of carboxylic acids is 1. The van der Waals surface area contributed by atoms with Gasteiger partial charge >= 0.3 is 11.7 Å². The summed E-state index contributed by atoms with van der Waals surface area (Å²) in [5, 5.41) is 22.6. The zero-order valence-corrected chi connectivity index (χ0v) is 11.5. The number of nitro groups is 1. The molecule has 21 heavy (non-hydrogen) atoms. The molecule has 0 saturated heterocycles. The number of nitrogens with one attached hydrogen (secondary N) is 1. The minimum atomic E-state index is -1.15. The topological polar surface area (TPSA) is 118 Å². The Bertz CT molecular complexity index is 735. The van der Waals surface area contributed by atoms with Crippen LogP contribution >= 0.6 is 11.6 Å². The van der Waals surface area contributed by atoms with Gasteiger partial charge in [-0.2, -0.15) is 4.98 Å². The molecular weight excluding hydrogens is 300 g/mol. The van der Waals surface area contributed by atoms with Crippen molar-refractivity contribution in [2.75, 3.05) is 5.32 Å². The molecule has 1 aromatic heterocycles. The molecule has 0 spiro atoms. The van der Waals surface area contributed by atoms with Crippen molar-refractivity contribution in [2.24, 2.45) is 0 Å². The summed E-state index contributed by atoms with van der Waals surface area (Å²) in [6.07, 6.45) is 0.952. The van der Waals surface area contributed by atoms with Crippen LogP contribution < -0.4 is 5.32 Å². The Morgan fingerprint density at radius 1 is 1.48 bits per heavy atom. The zero-order chi connectivity index (χ0) is 15.6. The monoisotopic (exact) mass is 308 g/mol. The summed E-state index contributed by atoms with van der Waals surface area (Å²) in [6, 6.07) is 4.73. The van der Waals surface area contributed by atoms with Gasteiger partial charge in [0.2, 0.25) is 11.1 Å². The number of halogens is 1. The van der Waals surface area contributed by atoms with Crippen molar-refractivity contribution >= 4 is 34.8 Å². The summed E-state index contributed by atoms with van der Waals surface area (Å²) in [6.45, 7) is 1.62. The number of aryl methyl sites for hydroxylation is 1. The van der Waals surface area contributed by atoms with Gasteiger partial charge in [-0.05, 0) is 30.2 Å². The third kappa shape index (κ3) is 3.06. The smallest absolute Gasteiger partial charge is 0.338 e. The molecule has 0 amide bonds. The van der Waals surface area contributed by atoms with E-state index in [0.717, 1.165) is 6.20 Å². The van der Waals surface area contributed by atoms with E-state index in [1.807, 2.05) is 0 Å². The maximum atomic E-state index is 11.3. The second-order valence-corrected chi connectivity index (χ2v) is 4.40. The highest BCUT2D eigenvalue weighted by Crippen LogP contribution is 2.28. The Balaban J connectivity index is 2.53. The van der Waals surface area contributed by atoms with E-state index in [-0.39, 0.29) is 22.4 Å². The van der Waals surface area contributed by atoms with Crippen LogP contribution in [0.3, 0.4) is 0 Å². The lowest BCUT2D eigenvalue weighted by atomic mass is 10.1. The zero-order valence-electron chi connectivity index (χ0n) is 10.7. The summed E-state index contributed by atoms with van der Waals surface area (Å²) >= 11 is 5.62. The predicted molar refractivity (Wildman–Crippen MR) is 75.1 cm³/mol. The van der Waals surface area contributed by atoms with Gasteiger partial charge in [0.25, 0.3) is 0 Å². The molecule has 0 aliphatic carbocycles. The summed E-state index contributed by atoms with van der Waals surface area (Å²) in [7, 11) is 0. The van der Waals surface area contributed by atoms with Crippen LogP contribution in [-0.4, -0.2) is 26.0 Å². The Kier molecular flexibility index (Phi) is 3.99. The van der Waals surface area contributed by atoms with Gasteiger partial charge in [-0.1, -0.05) is 12.1 Å². The van der Waals surface area contributed by atoms with Crippen LogP contribution in [0.25, 0.3) is 0 Å². The van der Waals surface area contributed by atoms with Gasteiger partial charge in [-0.15, -0.1) is 0 Å². The van der Waals surface area contributed by atoms with Crippen molar-refractivity contribution in [3.8, 4) is 0 Å². The predicted octanol–water partition coefficient (Wildman–Crippen LogP) is 2.79. The first-order valence-corrected chi connectivity index (χ1v) is 6.05. The van der Waals surface area contributed by atoms with E-state index >= 15 is 0 Å². The van der Waals surface area contributed by atoms with Gasteiger partial charge in [-0.3, -0.25) is 10.1 Å². The van der Waals surface area contributed by atoms with Gasteiger partial charge in [0.05, 0.1) is 16.2 Å². The Morgan fingerprint density at radius 2 is 2.19 bits per heavy atom. The number of aromatic carboxylic acids is 1.